The van der Waals surface area contributed by atoms with Gasteiger partial charge in [0.25, 0.3) is 10.0 Å². The number of ether oxygens (including phenoxy) is 1. The van der Waals surface area contributed by atoms with Crippen LogP contribution in [0.15, 0.2) is 11.2 Å². The van der Waals surface area contributed by atoms with E-state index < -0.39 is 16.0 Å². The minimum Gasteiger partial charge on any atom is -0.462 e. The number of H-pyrrole nitrogens is 1. The highest BCUT2D eigenvalue weighted by atomic mass is 32.2. The van der Waals surface area contributed by atoms with Crippen LogP contribution in [0.5, 0.6) is 0 Å². The van der Waals surface area contributed by atoms with Gasteiger partial charge >= 0.3 is 5.97 Å². The number of carbonyl (C=O) groups excluding carboxylic acids is 1. The van der Waals surface area contributed by atoms with E-state index in [1.165, 1.54) is 0 Å². The lowest BCUT2D eigenvalue weighted by Crippen LogP contribution is -2.38. The Kier molecular flexibility index (Phi) is 5.66. The summed E-state index contributed by atoms with van der Waals surface area (Å²) in [5, 5.41) is 5.65. The van der Waals surface area contributed by atoms with Gasteiger partial charge in [0.1, 0.15) is 5.56 Å². The second kappa shape index (κ2) is 6.82. The zero-order chi connectivity index (χ0) is 15.3. The molecular formula is C11H20N4O4S. The molecule has 0 radical (unpaired) electrons. The maximum atomic E-state index is 12.1. The largest absolute Gasteiger partial charge is 0.462 e. The Balaban J connectivity index is 2.88. The monoisotopic (exact) mass is 304 g/mol. The predicted octanol–water partition coefficient (Wildman–Crippen LogP) is -0.185. The topological polar surface area (TPSA) is 104 Å². The molecule has 1 unspecified atom stereocenters. The molecule has 1 aromatic rings. The van der Waals surface area contributed by atoms with Crippen LogP contribution >= 0.6 is 0 Å². The van der Waals surface area contributed by atoms with Gasteiger partial charge in [-0.1, -0.05) is 0 Å². The first-order chi connectivity index (χ1) is 9.29. The van der Waals surface area contributed by atoms with E-state index in [0.717, 1.165) is 6.20 Å². The number of likely N-dealkylation sites (N-methyl/N-ethyl adjacent to an activating group) is 1. The second-order valence-electron chi connectivity index (χ2n) is 4.50. The van der Waals surface area contributed by atoms with E-state index in [0.29, 0.717) is 0 Å². The number of aromatic nitrogens is 2. The predicted molar refractivity (Wildman–Crippen MR) is 72.9 cm³/mol. The van der Waals surface area contributed by atoms with Crippen LogP contribution in [0, 0.1) is 0 Å². The first-order valence-electron chi connectivity index (χ1n) is 6.16. The van der Waals surface area contributed by atoms with Gasteiger partial charge in [0.15, 0.2) is 5.03 Å². The fourth-order valence-corrected chi connectivity index (χ4v) is 2.52. The summed E-state index contributed by atoms with van der Waals surface area (Å²) in [6, 6.07) is 0.0127. The summed E-state index contributed by atoms with van der Waals surface area (Å²) < 4.78 is 31.5. The second-order valence-corrected chi connectivity index (χ2v) is 6.20. The van der Waals surface area contributed by atoms with E-state index in [9.17, 15) is 13.2 Å². The summed E-state index contributed by atoms with van der Waals surface area (Å²) in [5.41, 5.74) is -0.100. The average Bonchev–Trinajstić information content (AvgIpc) is 2.86. The fraction of sp³-hybridized carbons (Fsp3) is 0.636. The highest BCUT2D eigenvalue weighted by Gasteiger charge is 2.26. The summed E-state index contributed by atoms with van der Waals surface area (Å²) in [7, 11) is -0.142. The molecule has 8 nitrogen and oxygen atoms in total. The van der Waals surface area contributed by atoms with Crippen molar-refractivity contribution in [1.82, 2.24) is 19.8 Å². The Morgan fingerprint density at radius 3 is 2.75 bits per heavy atom. The van der Waals surface area contributed by atoms with Crippen molar-refractivity contribution in [3.05, 3.63) is 11.8 Å². The third-order valence-corrected chi connectivity index (χ3v) is 4.21. The van der Waals surface area contributed by atoms with Crippen LogP contribution < -0.4 is 4.72 Å². The molecule has 0 fully saturated rings. The van der Waals surface area contributed by atoms with Crippen molar-refractivity contribution in [2.75, 3.05) is 27.2 Å². The number of hydrogen-bond donors (Lipinski definition) is 2. The zero-order valence-corrected chi connectivity index (χ0v) is 12.8. The number of nitrogens with one attached hydrogen (secondary N) is 2. The van der Waals surface area contributed by atoms with Crippen molar-refractivity contribution < 1.29 is 17.9 Å². The highest BCUT2D eigenvalue weighted by molar-refractivity contribution is 7.89. The van der Waals surface area contributed by atoms with E-state index in [4.69, 9.17) is 4.74 Å². The molecule has 0 saturated carbocycles. The van der Waals surface area contributed by atoms with Crippen LogP contribution in [-0.2, 0) is 14.8 Å². The number of carbonyl (C=O) groups is 1. The number of hydrogen-bond acceptors (Lipinski definition) is 6. The number of nitrogens with zero attached hydrogens (tertiary/aromatic N) is 2. The van der Waals surface area contributed by atoms with Crippen LogP contribution in [0.3, 0.4) is 0 Å². The summed E-state index contributed by atoms with van der Waals surface area (Å²) in [6.45, 7) is 3.90. The molecule has 1 aromatic heterocycles. The van der Waals surface area contributed by atoms with Crippen LogP contribution in [0.1, 0.15) is 24.2 Å². The zero-order valence-electron chi connectivity index (χ0n) is 12.0. The lowest BCUT2D eigenvalue weighted by molar-refractivity contribution is 0.0522. The molecule has 0 aromatic carbocycles. The lowest BCUT2D eigenvalue weighted by atomic mass is 10.3. The van der Waals surface area contributed by atoms with E-state index in [1.807, 2.05) is 25.9 Å². The lowest BCUT2D eigenvalue weighted by Gasteiger charge is -2.19. The van der Waals surface area contributed by atoms with Gasteiger partial charge in [-0.3, -0.25) is 5.10 Å². The van der Waals surface area contributed by atoms with Gasteiger partial charge in [-0.2, -0.15) is 5.10 Å². The summed E-state index contributed by atoms with van der Waals surface area (Å²) >= 11 is 0. The Hall–Kier alpha value is -1.45. The number of rotatable bonds is 7. The minimum absolute atomic E-state index is 0.0127. The normalized spacial score (nSPS) is 13.4. The van der Waals surface area contributed by atoms with Crippen LogP contribution in [0.4, 0.5) is 0 Å². The molecule has 0 saturated heterocycles. The number of sulfonamides is 1. The molecular weight excluding hydrogens is 284 g/mol. The third kappa shape index (κ3) is 4.02. The van der Waals surface area contributed by atoms with Gasteiger partial charge in [0, 0.05) is 12.6 Å². The van der Waals surface area contributed by atoms with Crippen LogP contribution in [0.2, 0.25) is 0 Å². The molecule has 0 spiro atoms. The van der Waals surface area contributed by atoms with Crippen molar-refractivity contribution in [3.8, 4) is 0 Å². The van der Waals surface area contributed by atoms with Gasteiger partial charge < -0.3 is 9.64 Å². The van der Waals surface area contributed by atoms with Crippen molar-refractivity contribution >= 4 is 16.0 Å². The molecule has 2 N–H and O–H groups in total. The summed E-state index contributed by atoms with van der Waals surface area (Å²) in [4.78, 5) is 13.5. The molecule has 0 amide bonds. The van der Waals surface area contributed by atoms with E-state index in [2.05, 4.69) is 14.9 Å². The molecule has 0 bridgehead atoms. The molecule has 1 atom stereocenters. The van der Waals surface area contributed by atoms with Gasteiger partial charge in [-0.15, -0.1) is 0 Å². The molecule has 0 aliphatic carbocycles. The smallest absolute Gasteiger partial charge is 0.342 e. The SMILES string of the molecule is CCOC(=O)c1cn[nH]c1S(=O)(=O)NCC(C)N(C)C. The van der Waals surface area contributed by atoms with Crippen molar-refractivity contribution in [2.45, 2.75) is 24.9 Å². The number of aromatic amines is 1. The molecule has 0 aliphatic rings. The first-order valence-corrected chi connectivity index (χ1v) is 7.64. The Morgan fingerprint density at radius 2 is 2.20 bits per heavy atom. The molecule has 114 valence electrons. The molecule has 20 heavy (non-hydrogen) atoms. The Morgan fingerprint density at radius 1 is 1.55 bits per heavy atom. The molecule has 0 aliphatic heterocycles. The van der Waals surface area contributed by atoms with Crippen LogP contribution in [-0.4, -0.2) is 62.8 Å². The Labute approximate surface area is 118 Å². The Bertz CT molecular complexity index is 553. The van der Waals surface area contributed by atoms with E-state index >= 15 is 0 Å². The van der Waals surface area contributed by atoms with Crippen molar-refractivity contribution in [2.24, 2.45) is 0 Å². The fourth-order valence-electron chi connectivity index (χ4n) is 1.32. The molecule has 1 rings (SSSR count). The van der Waals surface area contributed by atoms with Gasteiger partial charge in [0.2, 0.25) is 0 Å². The van der Waals surface area contributed by atoms with E-state index in [1.54, 1.807) is 6.92 Å². The van der Waals surface area contributed by atoms with Gasteiger partial charge in [-0.25, -0.2) is 17.9 Å². The maximum Gasteiger partial charge on any atom is 0.342 e. The van der Waals surface area contributed by atoms with Crippen molar-refractivity contribution in [1.29, 1.82) is 0 Å². The maximum absolute atomic E-state index is 12.1. The third-order valence-electron chi connectivity index (χ3n) is 2.82. The number of esters is 1. The highest BCUT2D eigenvalue weighted by Crippen LogP contribution is 2.13. The van der Waals surface area contributed by atoms with Crippen molar-refractivity contribution in [3.63, 3.8) is 0 Å². The summed E-state index contributed by atoms with van der Waals surface area (Å²) in [5.74, 6) is -0.720. The van der Waals surface area contributed by atoms with Crippen LogP contribution in [0.25, 0.3) is 0 Å². The van der Waals surface area contributed by atoms with Gasteiger partial charge in [-0.05, 0) is 27.9 Å². The quantitative estimate of drug-likeness (QED) is 0.677. The minimum atomic E-state index is -3.84. The standard InChI is InChI=1S/C11H20N4O4S/c1-5-19-11(16)9-7-12-14-10(9)20(17,18)13-6-8(2)15(3)4/h7-8,13H,5-6H2,1-4H3,(H,12,14). The first kappa shape index (κ1) is 16.6. The molecule has 9 heteroatoms. The summed E-state index contributed by atoms with van der Waals surface area (Å²) in [6.07, 6.45) is 1.14. The molecule has 1 heterocycles. The van der Waals surface area contributed by atoms with E-state index in [-0.39, 0.29) is 29.8 Å². The van der Waals surface area contributed by atoms with Gasteiger partial charge in [0.05, 0.1) is 12.8 Å². The average molecular weight is 304 g/mol.